The Morgan fingerprint density at radius 3 is 1.59 bits per heavy atom. The fourth-order valence-corrected chi connectivity index (χ4v) is 3.96. The third-order valence-electron chi connectivity index (χ3n) is 5.28. The van der Waals surface area contributed by atoms with Crippen molar-refractivity contribution in [3.05, 3.63) is 81.9 Å². The normalized spacial score (nSPS) is 15.4. The number of aryl methyl sites for hydroxylation is 2. The predicted octanol–water partition coefficient (Wildman–Crippen LogP) is 5.39. The van der Waals surface area contributed by atoms with Gasteiger partial charge >= 0.3 is 0 Å². The van der Waals surface area contributed by atoms with Crippen LogP contribution in [-0.4, -0.2) is 0 Å². The van der Waals surface area contributed by atoms with Crippen LogP contribution in [0, 0.1) is 0 Å². The molecule has 0 heterocycles. The Morgan fingerprint density at radius 2 is 1.14 bits per heavy atom. The summed E-state index contributed by atoms with van der Waals surface area (Å²) in [4.78, 5) is 0. The van der Waals surface area contributed by atoms with Crippen LogP contribution in [0.2, 0.25) is 0 Å². The summed E-state index contributed by atoms with van der Waals surface area (Å²) in [7, 11) is 0. The topological polar surface area (TPSA) is 0 Å². The Hall–Kier alpha value is -2.08. The van der Waals surface area contributed by atoms with Crippen LogP contribution < -0.4 is 0 Å². The number of hydrogen-bond acceptors (Lipinski definition) is 0. The van der Waals surface area contributed by atoms with Gasteiger partial charge < -0.3 is 0 Å². The fraction of sp³-hybridized carbons (Fsp3) is 0.273. The van der Waals surface area contributed by atoms with Crippen LogP contribution in [0.5, 0.6) is 0 Å². The highest BCUT2D eigenvalue weighted by Crippen LogP contribution is 2.32. The van der Waals surface area contributed by atoms with Crippen molar-refractivity contribution in [2.75, 3.05) is 0 Å². The van der Waals surface area contributed by atoms with Gasteiger partial charge in [0.25, 0.3) is 0 Å². The van der Waals surface area contributed by atoms with Gasteiger partial charge in [0.2, 0.25) is 0 Å². The maximum absolute atomic E-state index is 2.36. The molecular formula is C22H22. The van der Waals surface area contributed by atoms with E-state index in [2.05, 4.69) is 62.4 Å². The molecule has 0 radical (unpaired) electrons. The van der Waals surface area contributed by atoms with Gasteiger partial charge in [0.05, 0.1) is 0 Å². The second kappa shape index (κ2) is 5.28. The van der Waals surface area contributed by atoms with Gasteiger partial charge in [-0.1, -0.05) is 48.6 Å². The third kappa shape index (κ3) is 2.14. The third-order valence-corrected chi connectivity index (χ3v) is 5.28. The summed E-state index contributed by atoms with van der Waals surface area (Å²) in [6.07, 6.45) is 9.26. The SMILES string of the molecule is CC1=CCc2c(CCc3cccc4c3CC=C4C)cccc21. The van der Waals surface area contributed by atoms with Crippen molar-refractivity contribution in [1.29, 1.82) is 0 Å². The monoisotopic (exact) mass is 286 g/mol. The van der Waals surface area contributed by atoms with Gasteiger partial charge in [0, 0.05) is 0 Å². The Balaban J connectivity index is 1.59. The Labute approximate surface area is 133 Å². The van der Waals surface area contributed by atoms with Crippen LogP contribution in [0.3, 0.4) is 0 Å². The Kier molecular flexibility index (Phi) is 3.26. The van der Waals surface area contributed by atoms with Crippen LogP contribution in [0.15, 0.2) is 48.6 Å². The predicted molar refractivity (Wildman–Crippen MR) is 95.0 cm³/mol. The van der Waals surface area contributed by atoms with Gasteiger partial charge in [0.1, 0.15) is 0 Å². The van der Waals surface area contributed by atoms with Crippen LogP contribution in [0.1, 0.15) is 47.2 Å². The molecule has 22 heavy (non-hydrogen) atoms. The summed E-state index contributed by atoms with van der Waals surface area (Å²) >= 11 is 0. The summed E-state index contributed by atoms with van der Waals surface area (Å²) < 4.78 is 0. The average molecular weight is 286 g/mol. The van der Waals surface area contributed by atoms with E-state index in [9.17, 15) is 0 Å². The molecule has 0 amide bonds. The Morgan fingerprint density at radius 1 is 0.682 bits per heavy atom. The van der Waals surface area contributed by atoms with Crippen LogP contribution in [0.4, 0.5) is 0 Å². The second-order valence-corrected chi connectivity index (χ2v) is 6.57. The van der Waals surface area contributed by atoms with E-state index in [1.807, 2.05) is 0 Å². The van der Waals surface area contributed by atoms with E-state index >= 15 is 0 Å². The first-order valence-electron chi connectivity index (χ1n) is 8.30. The molecule has 0 heteroatoms. The molecule has 2 aliphatic carbocycles. The molecule has 2 aromatic rings. The van der Waals surface area contributed by atoms with Crippen LogP contribution >= 0.6 is 0 Å². The minimum atomic E-state index is 1.12. The summed E-state index contributed by atoms with van der Waals surface area (Å²) in [6, 6.07) is 13.6. The van der Waals surface area contributed by atoms with Crippen LogP contribution in [0.25, 0.3) is 11.1 Å². The van der Waals surface area contributed by atoms with Crippen molar-refractivity contribution in [3.63, 3.8) is 0 Å². The summed E-state index contributed by atoms with van der Waals surface area (Å²) in [5.74, 6) is 0. The van der Waals surface area contributed by atoms with E-state index in [1.54, 1.807) is 11.1 Å². The highest BCUT2D eigenvalue weighted by molar-refractivity contribution is 5.73. The number of fused-ring (bicyclic) bond motifs is 2. The molecule has 110 valence electrons. The van der Waals surface area contributed by atoms with Crippen molar-refractivity contribution < 1.29 is 0 Å². The van der Waals surface area contributed by atoms with Crippen molar-refractivity contribution in [1.82, 2.24) is 0 Å². The molecule has 0 aliphatic heterocycles. The van der Waals surface area contributed by atoms with Gasteiger partial charge in [0.15, 0.2) is 0 Å². The minimum absolute atomic E-state index is 1.12. The zero-order chi connectivity index (χ0) is 15.1. The lowest BCUT2D eigenvalue weighted by atomic mass is 9.92. The lowest BCUT2D eigenvalue weighted by Crippen LogP contribution is -2.00. The quantitative estimate of drug-likeness (QED) is 0.709. The zero-order valence-corrected chi connectivity index (χ0v) is 13.4. The number of benzene rings is 2. The van der Waals surface area contributed by atoms with Crippen LogP contribution in [-0.2, 0) is 25.7 Å². The standard InChI is InChI=1S/C22H22/c1-15-9-13-21-17(5-3-7-19(15)21)11-12-18-6-4-8-20-16(2)10-14-22(18)20/h3-10H,11-14H2,1-2H3. The molecule has 0 fully saturated rings. The van der Waals surface area contributed by atoms with E-state index in [0.29, 0.717) is 0 Å². The van der Waals surface area contributed by atoms with E-state index < -0.39 is 0 Å². The first-order chi connectivity index (χ1) is 10.7. The average Bonchev–Trinajstić information content (AvgIpc) is 3.10. The molecule has 2 aliphatic rings. The van der Waals surface area contributed by atoms with E-state index in [1.165, 1.54) is 33.4 Å². The first-order valence-corrected chi connectivity index (χ1v) is 8.30. The maximum atomic E-state index is 2.36. The molecule has 4 rings (SSSR count). The van der Waals surface area contributed by atoms with Crippen molar-refractivity contribution in [2.24, 2.45) is 0 Å². The van der Waals surface area contributed by atoms with Crippen molar-refractivity contribution >= 4 is 11.1 Å². The number of hydrogen-bond donors (Lipinski definition) is 0. The Bertz CT molecular complexity index is 733. The zero-order valence-electron chi connectivity index (χ0n) is 13.4. The molecule has 0 aromatic heterocycles. The highest BCUT2D eigenvalue weighted by atomic mass is 14.2. The summed E-state index contributed by atoms with van der Waals surface area (Å²) in [6.45, 7) is 4.46. The van der Waals surface area contributed by atoms with Gasteiger partial charge in [-0.3, -0.25) is 0 Å². The lowest BCUT2D eigenvalue weighted by Gasteiger charge is -2.12. The molecule has 0 N–H and O–H groups in total. The van der Waals surface area contributed by atoms with Gasteiger partial charge in [-0.15, -0.1) is 0 Å². The van der Waals surface area contributed by atoms with E-state index in [-0.39, 0.29) is 0 Å². The molecule has 0 saturated carbocycles. The largest absolute Gasteiger partial charge is 0.0766 e. The van der Waals surface area contributed by atoms with Crippen molar-refractivity contribution in [2.45, 2.75) is 39.5 Å². The van der Waals surface area contributed by atoms with Gasteiger partial charge in [-0.25, -0.2) is 0 Å². The minimum Gasteiger partial charge on any atom is -0.0766 e. The number of allylic oxidation sites excluding steroid dienone is 4. The fourth-order valence-electron chi connectivity index (χ4n) is 3.96. The molecule has 0 bridgehead atoms. The van der Waals surface area contributed by atoms with E-state index in [0.717, 1.165) is 25.7 Å². The summed E-state index contributed by atoms with van der Waals surface area (Å²) in [5, 5.41) is 0. The lowest BCUT2D eigenvalue weighted by molar-refractivity contribution is 0.928. The van der Waals surface area contributed by atoms with Crippen molar-refractivity contribution in [3.8, 4) is 0 Å². The molecule has 2 aromatic carbocycles. The molecular weight excluding hydrogens is 264 g/mol. The first kappa shape index (κ1) is 13.6. The molecule has 0 saturated heterocycles. The molecule has 0 atom stereocenters. The van der Waals surface area contributed by atoms with Gasteiger partial charge in [-0.2, -0.15) is 0 Å². The maximum Gasteiger partial charge on any atom is -0.00827 e. The molecule has 0 unspecified atom stereocenters. The smallest absolute Gasteiger partial charge is 0.00827 e. The second-order valence-electron chi connectivity index (χ2n) is 6.57. The number of rotatable bonds is 3. The summed E-state index contributed by atoms with van der Waals surface area (Å²) in [5.41, 5.74) is 12.0. The van der Waals surface area contributed by atoms with Gasteiger partial charge in [-0.05, 0) is 84.1 Å². The van der Waals surface area contributed by atoms with E-state index in [4.69, 9.17) is 0 Å². The molecule has 0 spiro atoms. The highest BCUT2D eigenvalue weighted by Gasteiger charge is 2.16. The molecule has 0 nitrogen and oxygen atoms in total.